The molecule has 20 heavy (non-hydrogen) atoms. The summed E-state index contributed by atoms with van der Waals surface area (Å²) in [5.41, 5.74) is 1.24. The van der Waals surface area contributed by atoms with Gasteiger partial charge in [0.15, 0.2) is 11.6 Å². The van der Waals surface area contributed by atoms with E-state index in [0.717, 1.165) is 18.9 Å². The van der Waals surface area contributed by atoms with Crippen LogP contribution in [0.2, 0.25) is 0 Å². The number of anilines is 2. The van der Waals surface area contributed by atoms with E-state index in [1.54, 1.807) is 13.4 Å². The van der Waals surface area contributed by atoms with Crippen LogP contribution in [0.5, 0.6) is 5.75 Å². The van der Waals surface area contributed by atoms with E-state index < -0.39 is 0 Å². The minimum Gasteiger partial charge on any atom is -0.490 e. The number of rotatable bonds is 6. The van der Waals surface area contributed by atoms with Crippen molar-refractivity contribution in [1.29, 1.82) is 0 Å². The first-order valence-corrected chi connectivity index (χ1v) is 6.65. The first kappa shape index (κ1) is 14.1. The Hall–Kier alpha value is -2.30. The van der Waals surface area contributed by atoms with Crippen molar-refractivity contribution in [2.24, 2.45) is 0 Å². The number of methoxy groups -OCH3 is 1. The van der Waals surface area contributed by atoms with Gasteiger partial charge in [0.2, 0.25) is 5.75 Å². The predicted molar refractivity (Wildman–Crippen MR) is 81.3 cm³/mol. The third-order valence-electron chi connectivity index (χ3n) is 3.12. The number of nitrogens with zero attached hydrogens (tertiary/aromatic N) is 3. The van der Waals surface area contributed by atoms with E-state index in [2.05, 4.69) is 39.2 Å². The van der Waals surface area contributed by atoms with Crippen molar-refractivity contribution in [3.8, 4) is 5.75 Å². The van der Waals surface area contributed by atoms with E-state index in [1.807, 2.05) is 25.2 Å². The minimum absolute atomic E-state index is 0.674. The van der Waals surface area contributed by atoms with Gasteiger partial charge in [-0.1, -0.05) is 30.3 Å². The largest absolute Gasteiger partial charge is 0.490 e. The Morgan fingerprint density at radius 2 is 1.95 bits per heavy atom. The Bertz CT molecular complexity index is 545. The number of benzene rings is 1. The molecule has 1 aromatic heterocycles. The second-order valence-electron chi connectivity index (χ2n) is 4.33. The molecule has 0 fully saturated rings. The summed E-state index contributed by atoms with van der Waals surface area (Å²) in [4.78, 5) is 10.7. The van der Waals surface area contributed by atoms with Crippen LogP contribution in [0.4, 0.5) is 11.6 Å². The third kappa shape index (κ3) is 2.99. The van der Waals surface area contributed by atoms with E-state index >= 15 is 0 Å². The lowest BCUT2D eigenvalue weighted by molar-refractivity contribution is 0.412. The van der Waals surface area contributed by atoms with Gasteiger partial charge in [0.25, 0.3) is 0 Å². The second-order valence-corrected chi connectivity index (χ2v) is 4.33. The van der Waals surface area contributed by atoms with Crippen LogP contribution in [0.1, 0.15) is 12.5 Å². The van der Waals surface area contributed by atoms with E-state index in [9.17, 15) is 0 Å². The van der Waals surface area contributed by atoms with Crippen molar-refractivity contribution in [3.05, 3.63) is 42.2 Å². The van der Waals surface area contributed by atoms with E-state index in [4.69, 9.17) is 4.74 Å². The van der Waals surface area contributed by atoms with Gasteiger partial charge in [0.05, 0.1) is 7.11 Å². The summed E-state index contributed by atoms with van der Waals surface area (Å²) < 4.78 is 5.46. The quantitative estimate of drug-likeness (QED) is 0.875. The van der Waals surface area contributed by atoms with Crippen LogP contribution >= 0.6 is 0 Å². The lowest BCUT2D eigenvalue weighted by atomic mass is 10.2. The Kier molecular flexibility index (Phi) is 4.76. The molecule has 5 heteroatoms. The number of ether oxygens (including phenoxy) is 1. The molecular weight excluding hydrogens is 252 g/mol. The van der Waals surface area contributed by atoms with Crippen LogP contribution in [-0.2, 0) is 6.54 Å². The second kappa shape index (κ2) is 6.75. The zero-order chi connectivity index (χ0) is 14.4. The third-order valence-corrected chi connectivity index (χ3v) is 3.12. The molecule has 0 radical (unpaired) electrons. The fourth-order valence-electron chi connectivity index (χ4n) is 2.10. The fourth-order valence-corrected chi connectivity index (χ4v) is 2.10. The smallest absolute Gasteiger partial charge is 0.204 e. The molecule has 0 saturated carbocycles. The maximum Gasteiger partial charge on any atom is 0.204 e. The van der Waals surface area contributed by atoms with Gasteiger partial charge in [-0.2, -0.15) is 0 Å². The average molecular weight is 272 g/mol. The van der Waals surface area contributed by atoms with E-state index in [1.165, 1.54) is 5.56 Å². The standard InChI is InChI=1S/C15H20N4O/c1-4-19(10-12-8-6-5-7-9-12)15-13(20-3)14(16-2)17-11-18-15/h5-9,11H,4,10H2,1-3H3,(H,16,17,18). The predicted octanol–water partition coefficient (Wildman–Crippen LogP) is 2.55. The molecule has 106 valence electrons. The van der Waals surface area contributed by atoms with Crippen LogP contribution in [-0.4, -0.2) is 30.7 Å². The number of aromatic nitrogens is 2. The Balaban J connectivity index is 2.32. The summed E-state index contributed by atoms with van der Waals surface area (Å²) in [5.74, 6) is 2.18. The van der Waals surface area contributed by atoms with Crippen LogP contribution in [0.15, 0.2) is 36.7 Å². The molecule has 1 heterocycles. The molecule has 0 atom stereocenters. The number of nitrogens with one attached hydrogen (secondary N) is 1. The zero-order valence-electron chi connectivity index (χ0n) is 12.1. The Morgan fingerprint density at radius 1 is 1.20 bits per heavy atom. The van der Waals surface area contributed by atoms with Gasteiger partial charge in [-0.15, -0.1) is 0 Å². The zero-order valence-corrected chi connectivity index (χ0v) is 12.1. The molecule has 0 unspecified atom stereocenters. The van der Waals surface area contributed by atoms with E-state index in [-0.39, 0.29) is 0 Å². The van der Waals surface area contributed by atoms with E-state index in [0.29, 0.717) is 11.6 Å². The monoisotopic (exact) mass is 272 g/mol. The molecule has 0 saturated heterocycles. The van der Waals surface area contributed by atoms with Crippen molar-refractivity contribution >= 4 is 11.6 Å². The average Bonchev–Trinajstić information content (AvgIpc) is 2.52. The summed E-state index contributed by atoms with van der Waals surface area (Å²) in [5, 5.41) is 3.03. The van der Waals surface area contributed by atoms with Gasteiger partial charge in [0, 0.05) is 20.1 Å². The summed E-state index contributed by atoms with van der Waals surface area (Å²) in [6, 6.07) is 10.3. The molecule has 0 amide bonds. The van der Waals surface area contributed by atoms with Crippen LogP contribution in [0.3, 0.4) is 0 Å². The first-order chi connectivity index (χ1) is 9.80. The van der Waals surface area contributed by atoms with Gasteiger partial charge < -0.3 is 15.0 Å². The molecule has 0 spiro atoms. The highest BCUT2D eigenvalue weighted by atomic mass is 16.5. The maximum absolute atomic E-state index is 5.46. The summed E-state index contributed by atoms with van der Waals surface area (Å²) in [7, 11) is 3.46. The minimum atomic E-state index is 0.674. The lowest BCUT2D eigenvalue weighted by Gasteiger charge is -2.24. The van der Waals surface area contributed by atoms with Gasteiger partial charge >= 0.3 is 0 Å². The molecule has 0 aliphatic carbocycles. The molecule has 0 bridgehead atoms. The number of hydrogen-bond acceptors (Lipinski definition) is 5. The highest BCUT2D eigenvalue weighted by Crippen LogP contribution is 2.32. The molecule has 2 aromatic rings. The summed E-state index contributed by atoms with van der Waals surface area (Å²) in [6.45, 7) is 3.73. The molecule has 0 aliphatic rings. The molecular formula is C15H20N4O. The highest BCUT2D eigenvalue weighted by Gasteiger charge is 2.16. The summed E-state index contributed by atoms with van der Waals surface area (Å²) >= 11 is 0. The maximum atomic E-state index is 5.46. The SMILES string of the molecule is CCN(Cc1ccccc1)c1ncnc(NC)c1OC. The molecule has 0 aliphatic heterocycles. The molecule has 2 rings (SSSR count). The van der Waals surface area contributed by atoms with Gasteiger partial charge in [-0.25, -0.2) is 9.97 Å². The van der Waals surface area contributed by atoms with Crippen LogP contribution in [0.25, 0.3) is 0 Å². The fraction of sp³-hybridized carbons (Fsp3) is 0.333. The molecule has 1 N–H and O–H groups in total. The van der Waals surface area contributed by atoms with Crippen molar-refractivity contribution in [1.82, 2.24) is 9.97 Å². The lowest BCUT2D eigenvalue weighted by Crippen LogP contribution is -2.24. The number of hydrogen-bond donors (Lipinski definition) is 1. The van der Waals surface area contributed by atoms with Gasteiger partial charge in [0.1, 0.15) is 6.33 Å². The van der Waals surface area contributed by atoms with Crippen molar-refractivity contribution in [2.45, 2.75) is 13.5 Å². The Labute approximate surface area is 119 Å². The van der Waals surface area contributed by atoms with Crippen molar-refractivity contribution in [3.63, 3.8) is 0 Å². The van der Waals surface area contributed by atoms with Gasteiger partial charge in [-0.3, -0.25) is 0 Å². The van der Waals surface area contributed by atoms with Crippen molar-refractivity contribution in [2.75, 3.05) is 30.9 Å². The molecule has 1 aromatic carbocycles. The van der Waals surface area contributed by atoms with Crippen LogP contribution < -0.4 is 15.0 Å². The highest BCUT2D eigenvalue weighted by molar-refractivity contribution is 5.64. The Morgan fingerprint density at radius 3 is 2.55 bits per heavy atom. The normalized spacial score (nSPS) is 10.2. The van der Waals surface area contributed by atoms with Gasteiger partial charge in [-0.05, 0) is 12.5 Å². The summed E-state index contributed by atoms with van der Waals surface area (Å²) in [6.07, 6.45) is 1.55. The first-order valence-electron chi connectivity index (χ1n) is 6.65. The molecule has 5 nitrogen and oxygen atoms in total. The van der Waals surface area contributed by atoms with Crippen LogP contribution in [0, 0.1) is 0 Å². The topological polar surface area (TPSA) is 50.3 Å². The van der Waals surface area contributed by atoms with Crippen molar-refractivity contribution < 1.29 is 4.74 Å².